The van der Waals surface area contributed by atoms with E-state index in [4.69, 9.17) is 9.47 Å². The molecule has 6 heteroatoms. The van der Waals surface area contributed by atoms with Gasteiger partial charge in [0.25, 0.3) is 0 Å². The summed E-state index contributed by atoms with van der Waals surface area (Å²) < 4.78 is 10.5. The van der Waals surface area contributed by atoms with E-state index in [9.17, 15) is 4.79 Å². The van der Waals surface area contributed by atoms with Gasteiger partial charge in [-0.25, -0.2) is 4.98 Å². The van der Waals surface area contributed by atoms with E-state index in [1.165, 1.54) is 0 Å². The van der Waals surface area contributed by atoms with Gasteiger partial charge in [0.15, 0.2) is 11.5 Å². The number of H-pyrrole nitrogens is 1. The zero-order valence-electron chi connectivity index (χ0n) is 15.2. The molecule has 3 rings (SSSR count). The number of aromatic amines is 1. The number of carbonyl (C=O) groups is 1. The summed E-state index contributed by atoms with van der Waals surface area (Å²) in [6.45, 7) is 1.92. The van der Waals surface area contributed by atoms with Gasteiger partial charge in [-0.2, -0.15) is 0 Å². The fourth-order valence-corrected chi connectivity index (χ4v) is 2.85. The Morgan fingerprint density at radius 3 is 2.65 bits per heavy atom. The van der Waals surface area contributed by atoms with Crippen LogP contribution in [0.2, 0.25) is 0 Å². The molecule has 0 aliphatic heterocycles. The van der Waals surface area contributed by atoms with Crippen LogP contribution in [-0.2, 0) is 11.2 Å². The minimum Gasteiger partial charge on any atom is -0.493 e. The van der Waals surface area contributed by atoms with E-state index in [0.717, 1.165) is 22.4 Å². The molecule has 0 fully saturated rings. The Labute approximate surface area is 152 Å². The van der Waals surface area contributed by atoms with E-state index >= 15 is 0 Å². The molecule has 0 aliphatic carbocycles. The number of nitrogens with one attached hydrogen (secondary N) is 2. The number of aryl methyl sites for hydroxylation is 1. The van der Waals surface area contributed by atoms with Crippen molar-refractivity contribution in [2.24, 2.45) is 0 Å². The van der Waals surface area contributed by atoms with E-state index < -0.39 is 0 Å². The van der Waals surface area contributed by atoms with Crippen molar-refractivity contribution in [3.8, 4) is 11.5 Å². The monoisotopic (exact) mass is 353 g/mol. The fraction of sp³-hybridized carbons (Fsp3) is 0.300. The normalized spacial score (nSPS) is 12.0. The van der Waals surface area contributed by atoms with Gasteiger partial charge in [-0.15, -0.1) is 0 Å². The highest BCUT2D eigenvalue weighted by Gasteiger charge is 2.14. The molecule has 0 spiro atoms. The van der Waals surface area contributed by atoms with Gasteiger partial charge in [0.05, 0.1) is 31.3 Å². The van der Waals surface area contributed by atoms with Crippen LogP contribution in [0.1, 0.15) is 30.8 Å². The number of aromatic nitrogens is 2. The number of para-hydroxylation sites is 2. The van der Waals surface area contributed by atoms with Gasteiger partial charge in [-0.1, -0.05) is 18.2 Å². The summed E-state index contributed by atoms with van der Waals surface area (Å²) in [7, 11) is 3.20. The first-order chi connectivity index (χ1) is 12.6. The van der Waals surface area contributed by atoms with Crippen molar-refractivity contribution >= 4 is 16.9 Å². The predicted octanol–water partition coefficient (Wildman–Crippen LogP) is 3.39. The van der Waals surface area contributed by atoms with Crippen molar-refractivity contribution in [2.75, 3.05) is 14.2 Å². The molecule has 1 atom stereocenters. The lowest BCUT2D eigenvalue weighted by Gasteiger charge is -2.12. The summed E-state index contributed by atoms with van der Waals surface area (Å²) in [4.78, 5) is 20.1. The van der Waals surface area contributed by atoms with Crippen LogP contribution in [0.5, 0.6) is 11.5 Å². The molecule has 136 valence electrons. The van der Waals surface area contributed by atoms with Gasteiger partial charge in [-0.3, -0.25) is 4.79 Å². The second kappa shape index (κ2) is 7.91. The average molecular weight is 353 g/mol. The number of rotatable bonds is 7. The highest BCUT2D eigenvalue weighted by atomic mass is 16.5. The zero-order chi connectivity index (χ0) is 18.5. The smallest absolute Gasteiger partial charge is 0.220 e. The van der Waals surface area contributed by atoms with Gasteiger partial charge < -0.3 is 19.8 Å². The highest BCUT2D eigenvalue weighted by Crippen LogP contribution is 2.28. The molecule has 2 aromatic carbocycles. The molecule has 0 radical (unpaired) electrons. The van der Waals surface area contributed by atoms with Crippen LogP contribution in [0.3, 0.4) is 0 Å². The Kier molecular flexibility index (Phi) is 5.41. The van der Waals surface area contributed by atoms with E-state index in [0.29, 0.717) is 24.3 Å². The number of ether oxygens (including phenoxy) is 2. The minimum absolute atomic E-state index is 0.0206. The van der Waals surface area contributed by atoms with Crippen LogP contribution in [0.4, 0.5) is 0 Å². The number of hydrogen-bond donors (Lipinski definition) is 2. The molecular weight excluding hydrogens is 330 g/mol. The van der Waals surface area contributed by atoms with Crippen LogP contribution >= 0.6 is 0 Å². The van der Waals surface area contributed by atoms with Gasteiger partial charge in [0.2, 0.25) is 5.91 Å². The third-order valence-corrected chi connectivity index (χ3v) is 4.28. The Balaban J connectivity index is 1.58. The lowest BCUT2D eigenvalue weighted by Crippen LogP contribution is -2.27. The maximum Gasteiger partial charge on any atom is 0.220 e. The molecule has 2 N–H and O–H groups in total. The van der Waals surface area contributed by atoms with E-state index in [1.54, 1.807) is 14.2 Å². The maximum atomic E-state index is 12.3. The first-order valence-corrected chi connectivity index (χ1v) is 8.55. The topological polar surface area (TPSA) is 76.2 Å². The molecule has 0 bridgehead atoms. The van der Waals surface area contributed by atoms with Crippen molar-refractivity contribution < 1.29 is 14.3 Å². The van der Waals surface area contributed by atoms with Crippen LogP contribution in [0.15, 0.2) is 42.5 Å². The van der Waals surface area contributed by atoms with Gasteiger partial charge in [0.1, 0.15) is 5.82 Å². The highest BCUT2D eigenvalue weighted by molar-refractivity contribution is 5.77. The molecule has 0 saturated heterocycles. The standard InChI is InChI=1S/C20H23N3O3/c1-13(20-22-15-6-4-5-7-16(15)23-20)21-19(24)11-9-14-8-10-17(25-2)18(12-14)26-3/h4-8,10,12-13H,9,11H2,1-3H3,(H,21,24)(H,22,23). The van der Waals surface area contributed by atoms with Gasteiger partial charge >= 0.3 is 0 Å². The molecule has 26 heavy (non-hydrogen) atoms. The largest absolute Gasteiger partial charge is 0.493 e. The minimum atomic E-state index is -0.180. The molecule has 3 aromatic rings. The Bertz CT molecular complexity index is 871. The van der Waals surface area contributed by atoms with E-state index in [1.807, 2.05) is 49.4 Å². The number of imidazole rings is 1. The summed E-state index contributed by atoms with van der Waals surface area (Å²) in [5, 5.41) is 2.99. The van der Waals surface area contributed by atoms with E-state index in [-0.39, 0.29) is 11.9 Å². The van der Waals surface area contributed by atoms with Gasteiger partial charge in [-0.05, 0) is 43.2 Å². The van der Waals surface area contributed by atoms with Crippen molar-refractivity contribution in [1.82, 2.24) is 15.3 Å². The lowest BCUT2D eigenvalue weighted by molar-refractivity contribution is -0.121. The fourth-order valence-electron chi connectivity index (χ4n) is 2.85. The molecule has 1 aromatic heterocycles. The number of amides is 1. The molecular formula is C20H23N3O3. The Morgan fingerprint density at radius 2 is 1.92 bits per heavy atom. The van der Waals surface area contributed by atoms with Crippen LogP contribution in [-0.4, -0.2) is 30.1 Å². The van der Waals surface area contributed by atoms with Crippen LogP contribution in [0.25, 0.3) is 11.0 Å². The third kappa shape index (κ3) is 3.96. The van der Waals surface area contributed by atoms with Crippen molar-refractivity contribution in [3.63, 3.8) is 0 Å². The summed E-state index contributed by atoms with van der Waals surface area (Å²) in [6, 6.07) is 13.3. The summed E-state index contributed by atoms with van der Waals surface area (Å²) >= 11 is 0. The van der Waals surface area contributed by atoms with Crippen molar-refractivity contribution in [3.05, 3.63) is 53.9 Å². The average Bonchev–Trinajstić information content (AvgIpc) is 3.10. The quantitative estimate of drug-likeness (QED) is 0.683. The first kappa shape index (κ1) is 17.8. The third-order valence-electron chi connectivity index (χ3n) is 4.28. The Hall–Kier alpha value is -3.02. The number of nitrogens with zero attached hydrogens (tertiary/aromatic N) is 1. The number of fused-ring (bicyclic) bond motifs is 1. The predicted molar refractivity (Wildman–Crippen MR) is 101 cm³/mol. The SMILES string of the molecule is COc1ccc(CCC(=O)NC(C)c2nc3ccccc3[nH]2)cc1OC. The number of benzene rings is 2. The number of methoxy groups -OCH3 is 2. The molecule has 1 heterocycles. The zero-order valence-corrected chi connectivity index (χ0v) is 15.2. The second-order valence-electron chi connectivity index (χ2n) is 6.12. The summed E-state index contributed by atoms with van der Waals surface area (Å²) in [5.74, 6) is 2.08. The molecule has 6 nitrogen and oxygen atoms in total. The lowest BCUT2D eigenvalue weighted by atomic mass is 10.1. The van der Waals surface area contributed by atoms with Crippen molar-refractivity contribution in [1.29, 1.82) is 0 Å². The van der Waals surface area contributed by atoms with Crippen LogP contribution in [0, 0.1) is 0 Å². The number of carbonyl (C=O) groups excluding carboxylic acids is 1. The first-order valence-electron chi connectivity index (χ1n) is 8.55. The molecule has 1 amide bonds. The Morgan fingerprint density at radius 1 is 1.15 bits per heavy atom. The van der Waals surface area contributed by atoms with Gasteiger partial charge in [0, 0.05) is 6.42 Å². The molecule has 0 aliphatic rings. The molecule has 0 saturated carbocycles. The van der Waals surface area contributed by atoms with Crippen molar-refractivity contribution in [2.45, 2.75) is 25.8 Å². The summed E-state index contributed by atoms with van der Waals surface area (Å²) in [6.07, 6.45) is 1.01. The maximum absolute atomic E-state index is 12.3. The number of hydrogen-bond acceptors (Lipinski definition) is 4. The van der Waals surface area contributed by atoms with E-state index in [2.05, 4.69) is 15.3 Å². The molecule has 1 unspecified atom stereocenters. The summed E-state index contributed by atoms with van der Waals surface area (Å²) in [5.41, 5.74) is 2.89. The van der Waals surface area contributed by atoms with Crippen LogP contribution < -0.4 is 14.8 Å². The second-order valence-corrected chi connectivity index (χ2v) is 6.12.